The Labute approximate surface area is 121 Å². The monoisotopic (exact) mass is 297 g/mol. The smallest absolute Gasteiger partial charge is 0.347 e. The van der Waals surface area contributed by atoms with Gasteiger partial charge in [-0.05, 0) is 25.2 Å². The molecule has 6 nitrogen and oxygen atoms in total. The van der Waals surface area contributed by atoms with Gasteiger partial charge in [-0.25, -0.2) is 14.6 Å². The molecule has 1 aliphatic carbocycles. The summed E-state index contributed by atoms with van der Waals surface area (Å²) in [5.74, 6) is -0.978. The molecule has 20 heavy (non-hydrogen) atoms. The number of nitrogens with one attached hydrogen (secondary N) is 2. The molecule has 0 aliphatic heterocycles. The average Bonchev–Trinajstić information content (AvgIpc) is 2.73. The number of thiazole rings is 1. The minimum absolute atomic E-state index is 0.226. The van der Waals surface area contributed by atoms with Crippen LogP contribution in [-0.4, -0.2) is 28.6 Å². The number of carboxylic acids is 1. The summed E-state index contributed by atoms with van der Waals surface area (Å²) in [4.78, 5) is 26.9. The van der Waals surface area contributed by atoms with Crippen LogP contribution < -0.4 is 10.6 Å². The minimum Gasteiger partial charge on any atom is -0.477 e. The molecule has 1 saturated carbocycles. The van der Waals surface area contributed by atoms with E-state index in [-0.39, 0.29) is 22.9 Å². The van der Waals surface area contributed by atoms with E-state index >= 15 is 0 Å². The molecule has 0 radical (unpaired) electrons. The van der Waals surface area contributed by atoms with E-state index in [1.807, 2.05) is 0 Å². The van der Waals surface area contributed by atoms with Crippen molar-refractivity contribution in [3.05, 3.63) is 15.6 Å². The van der Waals surface area contributed by atoms with Gasteiger partial charge in [0.1, 0.15) is 9.88 Å². The van der Waals surface area contributed by atoms with Crippen LogP contribution in [0.15, 0.2) is 0 Å². The maximum absolute atomic E-state index is 11.7. The van der Waals surface area contributed by atoms with Gasteiger partial charge in [0, 0.05) is 6.54 Å². The Morgan fingerprint density at radius 1 is 1.40 bits per heavy atom. The van der Waals surface area contributed by atoms with Crippen LogP contribution in [-0.2, 0) is 6.54 Å². The van der Waals surface area contributed by atoms with Crippen molar-refractivity contribution in [2.75, 3.05) is 6.54 Å². The van der Waals surface area contributed by atoms with Crippen LogP contribution in [0.5, 0.6) is 0 Å². The van der Waals surface area contributed by atoms with E-state index in [1.165, 1.54) is 6.42 Å². The lowest BCUT2D eigenvalue weighted by Gasteiger charge is -2.38. The molecular formula is C13H19N3O3S. The summed E-state index contributed by atoms with van der Waals surface area (Å²) >= 11 is 1.10. The highest BCUT2D eigenvalue weighted by Crippen LogP contribution is 2.39. The molecule has 0 unspecified atom stereocenters. The molecule has 1 heterocycles. The predicted molar refractivity (Wildman–Crippen MR) is 76.0 cm³/mol. The maximum atomic E-state index is 11.7. The zero-order chi connectivity index (χ0) is 14.8. The molecule has 1 aliphatic rings. The van der Waals surface area contributed by atoms with E-state index in [9.17, 15) is 9.59 Å². The molecular weight excluding hydrogens is 278 g/mol. The molecule has 2 rings (SSSR count). The SMILES string of the molecule is Cc1nc(CNC(=O)NCC2(C)CCC2)sc1C(=O)O. The lowest BCUT2D eigenvalue weighted by molar-refractivity contribution is 0.0701. The fourth-order valence-electron chi connectivity index (χ4n) is 2.20. The van der Waals surface area contributed by atoms with Crippen molar-refractivity contribution in [2.45, 2.75) is 39.7 Å². The van der Waals surface area contributed by atoms with Gasteiger partial charge in [0.25, 0.3) is 0 Å². The molecule has 2 amide bonds. The second-order valence-corrected chi connectivity index (χ2v) is 6.61. The van der Waals surface area contributed by atoms with Crippen LogP contribution in [0, 0.1) is 12.3 Å². The van der Waals surface area contributed by atoms with E-state index in [0.717, 1.165) is 24.2 Å². The van der Waals surface area contributed by atoms with Crippen molar-refractivity contribution in [3.63, 3.8) is 0 Å². The van der Waals surface area contributed by atoms with Gasteiger partial charge in [-0.2, -0.15) is 0 Å². The standard InChI is InChI=1S/C13H19N3O3S/c1-8-10(11(17)18)20-9(16-8)6-14-12(19)15-7-13(2)4-3-5-13/h3-7H2,1-2H3,(H,17,18)(H2,14,15,19). The molecule has 0 bridgehead atoms. The van der Waals surface area contributed by atoms with Crippen molar-refractivity contribution in [1.82, 2.24) is 15.6 Å². The fraction of sp³-hybridized carbons (Fsp3) is 0.615. The molecule has 1 fully saturated rings. The quantitative estimate of drug-likeness (QED) is 0.776. The summed E-state index contributed by atoms with van der Waals surface area (Å²) in [6.07, 6.45) is 3.54. The number of aryl methyl sites for hydroxylation is 1. The third-order valence-corrected chi connectivity index (χ3v) is 4.82. The highest BCUT2D eigenvalue weighted by atomic mass is 32.1. The molecule has 0 atom stereocenters. The second kappa shape index (κ2) is 5.78. The van der Waals surface area contributed by atoms with Crippen LogP contribution in [0.2, 0.25) is 0 Å². The van der Waals surface area contributed by atoms with Crippen LogP contribution in [0.4, 0.5) is 4.79 Å². The molecule has 0 saturated heterocycles. The first-order valence-corrected chi connectivity index (χ1v) is 7.43. The second-order valence-electron chi connectivity index (χ2n) is 5.53. The molecule has 7 heteroatoms. The van der Waals surface area contributed by atoms with Gasteiger partial charge in [-0.1, -0.05) is 13.3 Å². The Bertz CT molecular complexity index is 523. The summed E-state index contributed by atoms with van der Waals surface area (Å²) < 4.78 is 0. The number of aromatic carboxylic acids is 1. The summed E-state index contributed by atoms with van der Waals surface area (Å²) in [6.45, 7) is 4.75. The van der Waals surface area contributed by atoms with Crippen LogP contribution in [0.25, 0.3) is 0 Å². The van der Waals surface area contributed by atoms with Crippen LogP contribution in [0.3, 0.4) is 0 Å². The van der Waals surface area contributed by atoms with E-state index in [1.54, 1.807) is 6.92 Å². The van der Waals surface area contributed by atoms with E-state index in [4.69, 9.17) is 5.11 Å². The number of hydrogen-bond donors (Lipinski definition) is 3. The first-order chi connectivity index (χ1) is 9.39. The first kappa shape index (κ1) is 14.8. The van der Waals surface area contributed by atoms with Crippen LogP contribution >= 0.6 is 11.3 Å². The van der Waals surface area contributed by atoms with Crippen molar-refractivity contribution < 1.29 is 14.7 Å². The summed E-state index contributed by atoms with van der Waals surface area (Å²) in [7, 11) is 0. The number of nitrogens with zero attached hydrogens (tertiary/aromatic N) is 1. The van der Waals surface area contributed by atoms with Crippen molar-refractivity contribution >= 4 is 23.3 Å². The van der Waals surface area contributed by atoms with Gasteiger partial charge in [-0.3, -0.25) is 0 Å². The number of carbonyl (C=O) groups is 2. The van der Waals surface area contributed by atoms with Crippen molar-refractivity contribution in [2.24, 2.45) is 5.41 Å². The Hall–Kier alpha value is -1.63. The van der Waals surface area contributed by atoms with E-state index in [2.05, 4.69) is 22.5 Å². The fourth-order valence-corrected chi connectivity index (χ4v) is 3.04. The van der Waals surface area contributed by atoms with E-state index < -0.39 is 5.97 Å². The number of urea groups is 1. The number of hydrogen-bond acceptors (Lipinski definition) is 4. The third kappa shape index (κ3) is 3.47. The zero-order valence-corrected chi connectivity index (χ0v) is 12.5. The molecule has 0 aromatic carbocycles. The predicted octanol–water partition coefficient (Wildman–Crippen LogP) is 2.14. The number of carbonyl (C=O) groups excluding carboxylic acids is 1. The number of aromatic nitrogens is 1. The van der Waals surface area contributed by atoms with Gasteiger partial charge in [-0.15, -0.1) is 11.3 Å². The zero-order valence-electron chi connectivity index (χ0n) is 11.7. The van der Waals surface area contributed by atoms with Gasteiger partial charge < -0.3 is 15.7 Å². The Kier molecular flexibility index (Phi) is 4.27. The summed E-state index contributed by atoms with van der Waals surface area (Å²) in [5, 5.41) is 15.1. The number of carboxylic acid groups (broad SMARTS) is 1. The summed E-state index contributed by atoms with van der Waals surface area (Å²) in [6, 6.07) is -0.233. The highest BCUT2D eigenvalue weighted by Gasteiger charge is 2.31. The Morgan fingerprint density at radius 2 is 2.10 bits per heavy atom. The summed E-state index contributed by atoms with van der Waals surface area (Å²) in [5.41, 5.74) is 0.729. The molecule has 0 spiro atoms. The van der Waals surface area contributed by atoms with Crippen molar-refractivity contribution in [1.29, 1.82) is 0 Å². The third-order valence-electron chi connectivity index (χ3n) is 3.67. The van der Waals surface area contributed by atoms with Gasteiger partial charge in [0.2, 0.25) is 0 Å². The van der Waals surface area contributed by atoms with Crippen molar-refractivity contribution in [3.8, 4) is 0 Å². The van der Waals surface area contributed by atoms with Gasteiger partial charge in [0.15, 0.2) is 0 Å². The topological polar surface area (TPSA) is 91.3 Å². The Morgan fingerprint density at radius 3 is 2.60 bits per heavy atom. The average molecular weight is 297 g/mol. The largest absolute Gasteiger partial charge is 0.477 e. The van der Waals surface area contributed by atoms with E-state index in [0.29, 0.717) is 17.2 Å². The molecule has 1 aromatic heterocycles. The maximum Gasteiger partial charge on any atom is 0.347 e. The molecule has 3 N–H and O–H groups in total. The number of amides is 2. The van der Waals surface area contributed by atoms with Gasteiger partial charge >= 0.3 is 12.0 Å². The molecule has 1 aromatic rings. The normalized spacial score (nSPS) is 16.3. The van der Waals surface area contributed by atoms with Crippen LogP contribution in [0.1, 0.15) is 46.6 Å². The highest BCUT2D eigenvalue weighted by molar-refractivity contribution is 7.13. The number of rotatable bonds is 5. The first-order valence-electron chi connectivity index (χ1n) is 6.61. The minimum atomic E-state index is -0.978. The Balaban J connectivity index is 1.78. The van der Waals surface area contributed by atoms with Gasteiger partial charge in [0.05, 0.1) is 12.2 Å². The lowest BCUT2D eigenvalue weighted by Crippen LogP contribution is -2.43. The molecule has 110 valence electrons. The lowest BCUT2D eigenvalue weighted by atomic mass is 9.70.